The predicted molar refractivity (Wildman–Crippen MR) is 83.0 cm³/mol. The van der Waals surface area contributed by atoms with Crippen molar-refractivity contribution in [1.29, 1.82) is 0 Å². The minimum absolute atomic E-state index is 0.520. The average molecular weight is 298 g/mol. The van der Waals surface area contributed by atoms with Crippen LogP contribution in [0.15, 0.2) is 22.9 Å². The van der Waals surface area contributed by atoms with E-state index in [0.29, 0.717) is 11.8 Å². The molecule has 0 aliphatic carbocycles. The van der Waals surface area contributed by atoms with Gasteiger partial charge in [0.25, 0.3) is 11.8 Å². The van der Waals surface area contributed by atoms with Gasteiger partial charge in [-0.2, -0.15) is 10.1 Å². The number of hydrogen-bond donors (Lipinski definition) is 1. The van der Waals surface area contributed by atoms with E-state index < -0.39 is 0 Å². The van der Waals surface area contributed by atoms with E-state index in [2.05, 4.69) is 45.4 Å². The zero-order valence-corrected chi connectivity index (χ0v) is 12.7. The summed E-state index contributed by atoms with van der Waals surface area (Å²) in [5.41, 5.74) is 4.18. The third kappa shape index (κ3) is 2.05. The predicted octanol–water partition coefficient (Wildman–Crippen LogP) is 1.41. The number of aromatic nitrogens is 4. The van der Waals surface area contributed by atoms with Crippen LogP contribution in [0.1, 0.15) is 11.3 Å². The topological polar surface area (TPSA) is 71.5 Å². The Hall–Kier alpha value is -2.41. The fraction of sp³-hybridized carbons (Fsp3) is 0.400. The van der Waals surface area contributed by atoms with E-state index in [4.69, 9.17) is 4.52 Å². The molecule has 1 aliphatic heterocycles. The van der Waals surface area contributed by atoms with Crippen LogP contribution < -0.4 is 10.2 Å². The molecule has 0 aromatic carbocycles. The smallest absolute Gasteiger partial charge is 0.266 e. The molecule has 0 atom stereocenters. The van der Waals surface area contributed by atoms with Crippen LogP contribution in [0.5, 0.6) is 0 Å². The van der Waals surface area contributed by atoms with Crippen molar-refractivity contribution in [2.75, 3.05) is 31.1 Å². The summed E-state index contributed by atoms with van der Waals surface area (Å²) in [5, 5.41) is 11.9. The van der Waals surface area contributed by atoms with Crippen molar-refractivity contribution in [3.05, 3.63) is 29.6 Å². The lowest BCUT2D eigenvalue weighted by molar-refractivity contribution is 0.427. The zero-order valence-electron chi connectivity index (χ0n) is 12.7. The quantitative estimate of drug-likeness (QED) is 0.771. The highest BCUT2D eigenvalue weighted by Gasteiger charge is 2.19. The van der Waals surface area contributed by atoms with Crippen molar-refractivity contribution >= 4 is 11.5 Å². The first kappa shape index (κ1) is 13.3. The molecule has 1 aliphatic rings. The standard InChI is InChI=1S/C15H18N6O/c1-10-3-4-13-12(9-17-21(13)11(10)2)14-18-15(19-22-14)20-7-5-16-6-8-20/h3-4,9,16H,5-8H2,1-2H3. The van der Waals surface area contributed by atoms with Crippen molar-refractivity contribution < 1.29 is 4.52 Å². The third-order valence-electron chi connectivity index (χ3n) is 4.23. The number of pyridine rings is 1. The highest BCUT2D eigenvalue weighted by molar-refractivity contribution is 5.75. The van der Waals surface area contributed by atoms with Crippen LogP contribution >= 0.6 is 0 Å². The summed E-state index contributed by atoms with van der Waals surface area (Å²) in [5.74, 6) is 1.17. The summed E-state index contributed by atoms with van der Waals surface area (Å²) in [7, 11) is 0. The van der Waals surface area contributed by atoms with E-state index in [1.807, 2.05) is 10.6 Å². The minimum Gasteiger partial charge on any atom is -0.336 e. The van der Waals surface area contributed by atoms with Gasteiger partial charge in [0.1, 0.15) is 0 Å². The first-order valence-electron chi connectivity index (χ1n) is 7.48. The molecule has 3 aromatic heterocycles. The number of nitrogens with zero attached hydrogens (tertiary/aromatic N) is 5. The van der Waals surface area contributed by atoms with Gasteiger partial charge in [-0.3, -0.25) is 0 Å². The third-order valence-corrected chi connectivity index (χ3v) is 4.23. The lowest BCUT2D eigenvalue weighted by atomic mass is 10.2. The second kappa shape index (κ2) is 5.10. The molecule has 1 N–H and O–H groups in total. The summed E-state index contributed by atoms with van der Waals surface area (Å²) in [6.45, 7) is 7.81. The first-order chi connectivity index (χ1) is 10.7. The van der Waals surface area contributed by atoms with E-state index in [1.165, 1.54) is 5.56 Å². The fourth-order valence-electron chi connectivity index (χ4n) is 2.76. The molecule has 4 heterocycles. The Kier molecular flexibility index (Phi) is 3.07. The Bertz CT molecular complexity index is 815. The number of rotatable bonds is 2. The molecule has 0 amide bonds. The van der Waals surface area contributed by atoms with E-state index >= 15 is 0 Å². The van der Waals surface area contributed by atoms with Gasteiger partial charge in [0.15, 0.2) is 0 Å². The second-order valence-corrected chi connectivity index (χ2v) is 5.59. The van der Waals surface area contributed by atoms with Gasteiger partial charge in [0.05, 0.1) is 17.3 Å². The van der Waals surface area contributed by atoms with Gasteiger partial charge in [-0.1, -0.05) is 6.07 Å². The summed E-state index contributed by atoms with van der Waals surface area (Å²) in [6.07, 6.45) is 1.79. The summed E-state index contributed by atoms with van der Waals surface area (Å²) >= 11 is 0. The van der Waals surface area contributed by atoms with Crippen molar-refractivity contribution in [1.82, 2.24) is 25.1 Å². The lowest BCUT2D eigenvalue weighted by Crippen LogP contribution is -2.44. The monoisotopic (exact) mass is 298 g/mol. The molecule has 1 fully saturated rings. The maximum absolute atomic E-state index is 5.46. The largest absolute Gasteiger partial charge is 0.336 e. The molecule has 3 aromatic rings. The molecule has 4 rings (SSSR count). The van der Waals surface area contributed by atoms with Crippen LogP contribution in [-0.2, 0) is 0 Å². The van der Waals surface area contributed by atoms with Gasteiger partial charge < -0.3 is 14.7 Å². The van der Waals surface area contributed by atoms with Gasteiger partial charge >= 0.3 is 0 Å². The van der Waals surface area contributed by atoms with Crippen molar-refractivity contribution in [2.24, 2.45) is 0 Å². The molecule has 7 nitrogen and oxygen atoms in total. The van der Waals surface area contributed by atoms with Crippen LogP contribution in [0.25, 0.3) is 17.0 Å². The van der Waals surface area contributed by atoms with E-state index in [0.717, 1.165) is 43.0 Å². The molecule has 114 valence electrons. The van der Waals surface area contributed by atoms with Crippen molar-refractivity contribution in [2.45, 2.75) is 13.8 Å². The Morgan fingerprint density at radius 2 is 2.00 bits per heavy atom. The van der Waals surface area contributed by atoms with Crippen LogP contribution in [0.3, 0.4) is 0 Å². The second-order valence-electron chi connectivity index (χ2n) is 5.59. The summed E-state index contributed by atoms with van der Waals surface area (Å²) < 4.78 is 7.38. The Balaban J connectivity index is 1.73. The number of fused-ring (bicyclic) bond motifs is 1. The molecular formula is C15H18N6O. The van der Waals surface area contributed by atoms with Crippen LogP contribution in [0, 0.1) is 13.8 Å². The van der Waals surface area contributed by atoms with E-state index in [-0.39, 0.29) is 0 Å². The first-order valence-corrected chi connectivity index (χ1v) is 7.48. The van der Waals surface area contributed by atoms with Crippen LogP contribution in [-0.4, -0.2) is 45.9 Å². The molecule has 7 heteroatoms. The van der Waals surface area contributed by atoms with Crippen molar-refractivity contribution in [3.63, 3.8) is 0 Å². The van der Waals surface area contributed by atoms with Crippen LogP contribution in [0.4, 0.5) is 5.95 Å². The maximum Gasteiger partial charge on any atom is 0.266 e. The number of anilines is 1. The average Bonchev–Trinajstić information content (AvgIpc) is 3.18. The Morgan fingerprint density at radius 1 is 1.18 bits per heavy atom. The Morgan fingerprint density at radius 3 is 2.82 bits per heavy atom. The van der Waals surface area contributed by atoms with Gasteiger partial charge in [-0.15, -0.1) is 0 Å². The van der Waals surface area contributed by atoms with Gasteiger partial charge in [0.2, 0.25) is 0 Å². The molecule has 0 spiro atoms. The highest BCUT2D eigenvalue weighted by atomic mass is 16.5. The molecule has 0 unspecified atom stereocenters. The number of piperazine rings is 1. The Labute approximate surface area is 127 Å². The zero-order chi connectivity index (χ0) is 15.1. The summed E-state index contributed by atoms with van der Waals surface area (Å²) in [6, 6.07) is 4.13. The minimum atomic E-state index is 0.520. The van der Waals surface area contributed by atoms with Crippen molar-refractivity contribution in [3.8, 4) is 11.5 Å². The molecule has 1 saturated heterocycles. The van der Waals surface area contributed by atoms with Crippen LogP contribution in [0.2, 0.25) is 0 Å². The molecule has 0 radical (unpaired) electrons. The van der Waals surface area contributed by atoms with Gasteiger partial charge in [0, 0.05) is 31.9 Å². The van der Waals surface area contributed by atoms with Gasteiger partial charge in [-0.05, 0) is 30.6 Å². The molecular weight excluding hydrogens is 280 g/mol. The normalized spacial score (nSPS) is 15.6. The number of nitrogens with one attached hydrogen (secondary N) is 1. The number of hydrogen-bond acceptors (Lipinski definition) is 6. The molecule has 0 bridgehead atoms. The molecule has 0 saturated carbocycles. The van der Waals surface area contributed by atoms with E-state index in [9.17, 15) is 0 Å². The summed E-state index contributed by atoms with van der Waals surface area (Å²) in [4.78, 5) is 6.68. The number of aryl methyl sites for hydroxylation is 2. The fourth-order valence-corrected chi connectivity index (χ4v) is 2.76. The maximum atomic E-state index is 5.46. The molecule has 22 heavy (non-hydrogen) atoms. The van der Waals surface area contributed by atoms with E-state index in [1.54, 1.807) is 6.20 Å². The highest BCUT2D eigenvalue weighted by Crippen LogP contribution is 2.26. The van der Waals surface area contributed by atoms with Gasteiger partial charge in [-0.25, -0.2) is 4.52 Å². The lowest BCUT2D eigenvalue weighted by Gasteiger charge is -2.25. The SMILES string of the molecule is Cc1ccc2c(-c3nc(N4CCNCC4)no3)cnn2c1C.